The number of aromatic nitrogens is 1. The summed E-state index contributed by atoms with van der Waals surface area (Å²) in [5, 5.41) is 0. The molecule has 0 N–H and O–H groups in total. The van der Waals surface area contributed by atoms with E-state index >= 15 is 0 Å². The summed E-state index contributed by atoms with van der Waals surface area (Å²) in [6.45, 7) is 9.00. The Balaban J connectivity index is 1.37. The van der Waals surface area contributed by atoms with E-state index in [2.05, 4.69) is 153 Å². The number of allylic oxidation sites excluding steroid dienone is 5. The van der Waals surface area contributed by atoms with Crippen molar-refractivity contribution in [2.45, 2.75) is 33.1 Å². The molecule has 0 saturated carbocycles. The number of anilines is 1. The van der Waals surface area contributed by atoms with Crippen molar-refractivity contribution in [1.29, 1.82) is 0 Å². The van der Waals surface area contributed by atoms with Crippen molar-refractivity contribution < 1.29 is 4.57 Å². The third kappa shape index (κ3) is 4.00. The van der Waals surface area contributed by atoms with Crippen molar-refractivity contribution in [2.24, 2.45) is 0 Å². The van der Waals surface area contributed by atoms with Crippen molar-refractivity contribution in [3.63, 3.8) is 0 Å². The molecule has 0 saturated heterocycles. The van der Waals surface area contributed by atoms with Crippen LogP contribution in [0.3, 0.4) is 0 Å². The molecule has 0 atom stereocenters. The molecule has 2 nitrogen and oxygen atoms in total. The van der Waals surface area contributed by atoms with Gasteiger partial charge in [0.2, 0.25) is 5.69 Å². The Morgan fingerprint density at radius 2 is 1.34 bits per heavy atom. The summed E-state index contributed by atoms with van der Waals surface area (Å²) in [4.78, 5) is 2.30. The average Bonchev–Trinajstić information content (AvgIpc) is 3.09. The Labute approximate surface area is 209 Å². The van der Waals surface area contributed by atoms with Crippen molar-refractivity contribution >= 4 is 11.8 Å². The third-order valence-corrected chi connectivity index (χ3v) is 7.35. The van der Waals surface area contributed by atoms with Crippen molar-refractivity contribution in [2.75, 3.05) is 11.9 Å². The molecule has 35 heavy (non-hydrogen) atoms. The van der Waals surface area contributed by atoms with E-state index in [1.54, 1.807) is 0 Å². The van der Waals surface area contributed by atoms with Gasteiger partial charge in [0, 0.05) is 49.8 Å². The van der Waals surface area contributed by atoms with Crippen molar-refractivity contribution in [3.8, 4) is 16.8 Å². The van der Waals surface area contributed by atoms with Crippen LogP contribution < -0.4 is 9.47 Å². The van der Waals surface area contributed by atoms with E-state index < -0.39 is 0 Å². The SMILES string of the molecule is Cc1c2ccc(/C=C/C=C/C=C3/N(C)c4ccccc4C3(C)C)ccc-2c(C)[n+]1-c1ccccc1. The first kappa shape index (κ1) is 22.9. The van der Waals surface area contributed by atoms with Crippen LogP contribution >= 0.6 is 0 Å². The molecule has 2 heteroatoms. The monoisotopic (exact) mass is 457 g/mol. The van der Waals surface area contributed by atoms with Crippen LogP contribution in [0.2, 0.25) is 0 Å². The van der Waals surface area contributed by atoms with Gasteiger partial charge in [-0.25, -0.2) is 0 Å². The van der Waals surface area contributed by atoms with Crippen LogP contribution in [-0.4, -0.2) is 7.05 Å². The molecule has 2 aliphatic heterocycles. The first-order valence-electron chi connectivity index (χ1n) is 12.3. The summed E-state index contributed by atoms with van der Waals surface area (Å²) in [5.74, 6) is 0. The average molecular weight is 458 g/mol. The summed E-state index contributed by atoms with van der Waals surface area (Å²) >= 11 is 0. The maximum atomic E-state index is 2.34. The molecular weight excluding hydrogens is 424 g/mol. The number of para-hydroxylation sites is 2. The highest BCUT2D eigenvalue weighted by atomic mass is 15.2. The fraction of sp³-hybridized carbons (Fsp3) is 0.182. The lowest BCUT2D eigenvalue weighted by Gasteiger charge is -2.23. The fourth-order valence-corrected chi connectivity index (χ4v) is 5.47. The molecule has 2 aromatic rings. The number of nitrogens with zero attached hydrogens (tertiary/aromatic N) is 2. The number of likely N-dealkylation sites (N-methyl/N-ethyl adjacent to an activating group) is 1. The van der Waals surface area contributed by atoms with E-state index in [9.17, 15) is 0 Å². The van der Waals surface area contributed by atoms with E-state index in [4.69, 9.17) is 0 Å². The van der Waals surface area contributed by atoms with E-state index in [0.717, 1.165) is 0 Å². The second-order valence-electron chi connectivity index (χ2n) is 9.83. The quantitative estimate of drug-likeness (QED) is 0.226. The molecule has 0 aromatic heterocycles. The second kappa shape index (κ2) is 9.03. The molecule has 174 valence electrons. The van der Waals surface area contributed by atoms with Gasteiger partial charge in [-0.15, -0.1) is 0 Å². The van der Waals surface area contributed by atoms with Crippen molar-refractivity contribution in [3.05, 3.63) is 131 Å². The van der Waals surface area contributed by atoms with Gasteiger partial charge in [0.1, 0.15) is 0 Å². The Kier molecular flexibility index (Phi) is 5.90. The summed E-state index contributed by atoms with van der Waals surface area (Å²) < 4.78 is 2.34. The minimum atomic E-state index is 0.00347. The van der Waals surface area contributed by atoms with Gasteiger partial charge in [-0.05, 0) is 35.4 Å². The van der Waals surface area contributed by atoms with E-state index in [1.807, 2.05) is 0 Å². The minimum absolute atomic E-state index is 0.00347. The van der Waals surface area contributed by atoms with Crippen molar-refractivity contribution in [1.82, 2.24) is 0 Å². The summed E-state index contributed by atoms with van der Waals surface area (Å²) in [6, 6.07) is 28.2. The number of hydrogen-bond donors (Lipinski definition) is 0. The summed E-state index contributed by atoms with van der Waals surface area (Å²) in [7, 11) is 2.16. The summed E-state index contributed by atoms with van der Waals surface area (Å²) in [5.41, 5.74) is 11.5. The van der Waals surface area contributed by atoms with Gasteiger partial charge in [0.15, 0.2) is 11.4 Å². The number of rotatable bonds is 4. The van der Waals surface area contributed by atoms with Crippen LogP contribution in [0.5, 0.6) is 0 Å². The van der Waals surface area contributed by atoms with Crippen LogP contribution in [-0.2, 0) is 5.41 Å². The standard InChI is InChI=1S/C33H33N2/c1-24-28-22-20-26(21-23-29(28)25(2)35(24)27-15-9-7-10-16-27)14-8-6-11-19-32-33(3,4)30-17-12-13-18-31(30)34(32)5/h6-23H,1-5H3/q+1. The first-order chi connectivity index (χ1) is 16.9. The Morgan fingerprint density at radius 1 is 0.714 bits per heavy atom. The Hall–Kier alpha value is -3.91. The zero-order chi connectivity index (χ0) is 24.6. The van der Waals surface area contributed by atoms with Crippen LogP contribution in [0.15, 0.2) is 109 Å². The molecule has 0 fully saturated rings. The molecule has 2 heterocycles. The molecule has 0 unspecified atom stereocenters. The maximum Gasteiger partial charge on any atom is 0.211 e. The smallest absolute Gasteiger partial charge is 0.211 e. The topological polar surface area (TPSA) is 7.12 Å². The maximum absolute atomic E-state index is 2.34. The normalized spacial score (nSPS) is 16.1. The summed E-state index contributed by atoms with van der Waals surface area (Å²) in [6.07, 6.45) is 10.8. The molecule has 1 aliphatic carbocycles. The van der Waals surface area contributed by atoms with Gasteiger partial charge in [-0.3, -0.25) is 0 Å². The minimum Gasteiger partial charge on any atom is -0.347 e. The first-order valence-corrected chi connectivity index (χ1v) is 12.3. The zero-order valence-electron chi connectivity index (χ0n) is 21.3. The van der Waals surface area contributed by atoms with Gasteiger partial charge < -0.3 is 4.90 Å². The lowest BCUT2D eigenvalue weighted by atomic mass is 9.84. The van der Waals surface area contributed by atoms with Crippen LogP contribution in [0.25, 0.3) is 22.9 Å². The van der Waals surface area contributed by atoms with E-state index in [0.29, 0.717) is 0 Å². The van der Waals surface area contributed by atoms with Gasteiger partial charge in [0.25, 0.3) is 0 Å². The molecule has 0 radical (unpaired) electrons. The van der Waals surface area contributed by atoms with Gasteiger partial charge >= 0.3 is 0 Å². The molecule has 0 amide bonds. The van der Waals surface area contributed by atoms with Crippen LogP contribution in [0.4, 0.5) is 5.69 Å². The van der Waals surface area contributed by atoms with Gasteiger partial charge in [-0.2, -0.15) is 4.57 Å². The highest BCUT2D eigenvalue weighted by molar-refractivity contribution is 5.71. The predicted octanol–water partition coefficient (Wildman–Crippen LogP) is 7.57. The number of benzene rings is 2. The Bertz CT molecular complexity index is 1400. The van der Waals surface area contributed by atoms with E-state index in [-0.39, 0.29) is 5.41 Å². The van der Waals surface area contributed by atoms with Gasteiger partial charge in [0.05, 0.1) is 11.1 Å². The molecule has 0 spiro atoms. The molecular formula is C33H33N2+. The second-order valence-corrected chi connectivity index (χ2v) is 9.83. The lowest BCUT2D eigenvalue weighted by Crippen LogP contribution is -2.34. The molecule has 2 aromatic carbocycles. The lowest BCUT2D eigenvalue weighted by molar-refractivity contribution is -0.604. The number of hydrogen-bond acceptors (Lipinski definition) is 1. The van der Waals surface area contributed by atoms with Crippen LogP contribution in [0.1, 0.15) is 36.4 Å². The largest absolute Gasteiger partial charge is 0.347 e. The highest BCUT2D eigenvalue weighted by Gasteiger charge is 2.37. The third-order valence-electron chi connectivity index (χ3n) is 7.35. The number of fused-ring (bicyclic) bond motifs is 2. The van der Waals surface area contributed by atoms with Crippen LogP contribution in [0, 0.1) is 13.8 Å². The Morgan fingerprint density at radius 3 is 2.00 bits per heavy atom. The van der Waals surface area contributed by atoms with E-state index in [1.165, 1.54) is 50.7 Å². The fourth-order valence-electron chi connectivity index (χ4n) is 5.47. The molecule has 0 bridgehead atoms. The van der Waals surface area contributed by atoms with Gasteiger partial charge in [-0.1, -0.05) is 86.7 Å². The molecule has 3 aliphatic rings. The zero-order valence-corrected chi connectivity index (χ0v) is 21.3. The highest BCUT2D eigenvalue weighted by Crippen LogP contribution is 2.46. The predicted molar refractivity (Wildman–Crippen MR) is 148 cm³/mol. The molecule has 5 rings (SSSR count).